The molecule has 1 aromatic carbocycles. The van der Waals surface area contributed by atoms with E-state index in [1.165, 1.54) is 0 Å². The van der Waals surface area contributed by atoms with Gasteiger partial charge in [-0.15, -0.1) is 0 Å². The molecule has 2 heterocycles. The summed E-state index contributed by atoms with van der Waals surface area (Å²) in [6.45, 7) is 2.88. The first-order valence-corrected chi connectivity index (χ1v) is 7.10. The number of hydrogen-bond donors (Lipinski definition) is 1. The Morgan fingerprint density at radius 3 is 2.95 bits per heavy atom. The second-order valence-corrected chi connectivity index (χ2v) is 5.51. The van der Waals surface area contributed by atoms with Gasteiger partial charge in [0.25, 0.3) is 0 Å². The summed E-state index contributed by atoms with van der Waals surface area (Å²) in [5, 5.41) is 10.1. The van der Waals surface area contributed by atoms with E-state index in [1.807, 2.05) is 19.1 Å². The molecule has 1 saturated heterocycles. The minimum atomic E-state index is -1.10. The highest BCUT2D eigenvalue weighted by Crippen LogP contribution is 2.29. The van der Waals surface area contributed by atoms with Crippen molar-refractivity contribution in [3.8, 4) is 0 Å². The van der Waals surface area contributed by atoms with Crippen LogP contribution in [0.5, 0.6) is 0 Å². The number of amides is 1. The fourth-order valence-electron chi connectivity index (χ4n) is 2.91. The van der Waals surface area contributed by atoms with Gasteiger partial charge in [0.1, 0.15) is 5.58 Å². The number of carboxylic acid groups (broad SMARTS) is 1. The van der Waals surface area contributed by atoms with Crippen LogP contribution in [0, 0.1) is 5.92 Å². The molecule has 1 atom stereocenters. The standard InChI is InChI=1S/C16H17NO4/c1-10-5-4-8-17(15(10)18)9-12-11-6-2-3-7-13(11)21-14(12)16(19)20/h2-3,6-7,10H,4-5,8-9H2,1H3,(H,19,20). The van der Waals surface area contributed by atoms with Crippen molar-refractivity contribution in [2.45, 2.75) is 26.3 Å². The van der Waals surface area contributed by atoms with Crippen molar-refractivity contribution in [1.29, 1.82) is 0 Å². The van der Waals surface area contributed by atoms with Crippen LogP contribution in [0.3, 0.4) is 0 Å². The van der Waals surface area contributed by atoms with Crippen molar-refractivity contribution in [3.05, 3.63) is 35.6 Å². The highest BCUT2D eigenvalue weighted by molar-refractivity contribution is 5.95. The highest BCUT2D eigenvalue weighted by Gasteiger charge is 2.28. The lowest BCUT2D eigenvalue weighted by Crippen LogP contribution is -2.39. The Kier molecular flexibility index (Phi) is 3.41. The van der Waals surface area contributed by atoms with Crippen LogP contribution >= 0.6 is 0 Å². The molecule has 3 rings (SSSR count). The molecule has 1 N–H and O–H groups in total. The van der Waals surface area contributed by atoms with Crippen LogP contribution in [-0.4, -0.2) is 28.4 Å². The van der Waals surface area contributed by atoms with Crippen LogP contribution in [0.15, 0.2) is 28.7 Å². The Bertz CT molecular complexity index is 703. The third-order valence-corrected chi connectivity index (χ3v) is 4.04. The third kappa shape index (κ3) is 2.39. The van der Waals surface area contributed by atoms with Crippen LogP contribution < -0.4 is 0 Å². The summed E-state index contributed by atoms with van der Waals surface area (Å²) >= 11 is 0. The van der Waals surface area contributed by atoms with Gasteiger partial charge >= 0.3 is 5.97 Å². The van der Waals surface area contributed by atoms with Crippen LogP contribution in [0.1, 0.15) is 35.9 Å². The Labute approximate surface area is 122 Å². The fourth-order valence-corrected chi connectivity index (χ4v) is 2.91. The molecule has 1 unspecified atom stereocenters. The number of furan rings is 1. The molecule has 0 radical (unpaired) electrons. The number of benzene rings is 1. The van der Waals surface area contributed by atoms with Crippen LogP contribution in [0.4, 0.5) is 0 Å². The Morgan fingerprint density at radius 1 is 1.43 bits per heavy atom. The number of aromatic carboxylic acids is 1. The molecule has 0 saturated carbocycles. The van der Waals surface area contributed by atoms with Crippen molar-refractivity contribution in [1.82, 2.24) is 4.90 Å². The molecule has 5 heteroatoms. The molecule has 1 amide bonds. The summed E-state index contributed by atoms with van der Waals surface area (Å²) in [6.07, 6.45) is 1.85. The van der Waals surface area contributed by atoms with E-state index in [0.717, 1.165) is 18.2 Å². The first-order valence-electron chi connectivity index (χ1n) is 7.10. The van der Waals surface area contributed by atoms with Gasteiger partial charge in [-0.05, 0) is 18.9 Å². The lowest BCUT2D eigenvalue weighted by Gasteiger charge is -2.30. The van der Waals surface area contributed by atoms with Gasteiger partial charge in [0, 0.05) is 23.4 Å². The molecular formula is C16H17NO4. The molecule has 1 aromatic heterocycles. The first-order chi connectivity index (χ1) is 10.1. The van der Waals surface area contributed by atoms with Gasteiger partial charge in [-0.3, -0.25) is 4.79 Å². The zero-order valence-corrected chi connectivity index (χ0v) is 11.8. The van der Waals surface area contributed by atoms with Crippen LogP contribution in [0.2, 0.25) is 0 Å². The average Bonchev–Trinajstić information content (AvgIpc) is 2.83. The molecule has 0 aliphatic carbocycles. The fraction of sp³-hybridized carbons (Fsp3) is 0.375. The molecule has 0 spiro atoms. The monoisotopic (exact) mass is 287 g/mol. The minimum Gasteiger partial charge on any atom is -0.475 e. The van der Waals surface area contributed by atoms with Crippen molar-refractivity contribution in [3.63, 3.8) is 0 Å². The number of piperidine rings is 1. The summed E-state index contributed by atoms with van der Waals surface area (Å²) in [4.78, 5) is 25.3. The second kappa shape index (κ2) is 5.24. The molecule has 1 fully saturated rings. The predicted molar refractivity (Wildman–Crippen MR) is 77.0 cm³/mol. The Morgan fingerprint density at radius 2 is 2.19 bits per heavy atom. The number of carboxylic acids is 1. The number of fused-ring (bicyclic) bond motifs is 1. The quantitative estimate of drug-likeness (QED) is 0.942. The lowest BCUT2D eigenvalue weighted by molar-refractivity contribution is -0.138. The zero-order valence-electron chi connectivity index (χ0n) is 11.8. The van der Waals surface area contributed by atoms with Crippen molar-refractivity contribution in [2.24, 2.45) is 5.92 Å². The smallest absolute Gasteiger partial charge is 0.372 e. The second-order valence-electron chi connectivity index (χ2n) is 5.51. The Balaban J connectivity index is 2.01. The van der Waals surface area contributed by atoms with Crippen molar-refractivity contribution in [2.75, 3.05) is 6.54 Å². The van der Waals surface area contributed by atoms with E-state index in [0.29, 0.717) is 24.2 Å². The van der Waals surface area contributed by atoms with Crippen molar-refractivity contribution < 1.29 is 19.1 Å². The van der Waals surface area contributed by atoms with E-state index < -0.39 is 5.97 Å². The first kappa shape index (κ1) is 13.7. The maximum atomic E-state index is 12.2. The number of para-hydroxylation sites is 1. The summed E-state index contributed by atoms with van der Waals surface area (Å²) < 4.78 is 5.43. The van der Waals surface area contributed by atoms with Gasteiger partial charge in [-0.1, -0.05) is 25.1 Å². The van der Waals surface area contributed by atoms with Gasteiger partial charge in [0.15, 0.2) is 0 Å². The van der Waals surface area contributed by atoms with E-state index in [2.05, 4.69) is 0 Å². The van der Waals surface area contributed by atoms with Crippen molar-refractivity contribution >= 4 is 22.8 Å². The number of rotatable bonds is 3. The summed E-state index contributed by atoms with van der Waals surface area (Å²) in [5.74, 6) is -1.08. The van der Waals surface area contributed by atoms with Gasteiger partial charge in [-0.25, -0.2) is 4.79 Å². The number of nitrogens with zero attached hydrogens (tertiary/aromatic N) is 1. The SMILES string of the molecule is CC1CCCN(Cc2c(C(=O)O)oc3ccccc23)C1=O. The maximum Gasteiger partial charge on any atom is 0.372 e. The number of carbonyl (C=O) groups is 2. The molecule has 5 nitrogen and oxygen atoms in total. The number of carbonyl (C=O) groups excluding carboxylic acids is 1. The van der Waals surface area contributed by atoms with E-state index in [-0.39, 0.29) is 17.6 Å². The Hall–Kier alpha value is -2.30. The number of hydrogen-bond acceptors (Lipinski definition) is 3. The van der Waals surface area contributed by atoms with Crippen LogP contribution in [-0.2, 0) is 11.3 Å². The molecular weight excluding hydrogens is 270 g/mol. The average molecular weight is 287 g/mol. The van der Waals surface area contributed by atoms with Crippen LogP contribution in [0.25, 0.3) is 11.0 Å². The lowest BCUT2D eigenvalue weighted by atomic mass is 9.98. The van der Waals surface area contributed by atoms with Gasteiger partial charge in [0.05, 0.1) is 6.54 Å². The van der Waals surface area contributed by atoms with Gasteiger partial charge in [0.2, 0.25) is 11.7 Å². The molecule has 1 aliphatic heterocycles. The molecule has 21 heavy (non-hydrogen) atoms. The topological polar surface area (TPSA) is 70.8 Å². The zero-order chi connectivity index (χ0) is 15.0. The summed E-state index contributed by atoms with van der Waals surface area (Å²) in [7, 11) is 0. The van der Waals surface area contributed by atoms with E-state index in [1.54, 1.807) is 17.0 Å². The molecule has 110 valence electrons. The largest absolute Gasteiger partial charge is 0.475 e. The highest BCUT2D eigenvalue weighted by atomic mass is 16.4. The minimum absolute atomic E-state index is 0.00481. The summed E-state index contributed by atoms with van der Waals surface area (Å²) in [6, 6.07) is 7.22. The molecule has 0 bridgehead atoms. The van der Waals surface area contributed by atoms with E-state index >= 15 is 0 Å². The van der Waals surface area contributed by atoms with Gasteiger partial charge < -0.3 is 14.4 Å². The van der Waals surface area contributed by atoms with E-state index in [9.17, 15) is 14.7 Å². The third-order valence-electron chi connectivity index (χ3n) is 4.04. The molecule has 2 aromatic rings. The molecule has 1 aliphatic rings. The van der Waals surface area contributed by atoms with E-state index in [4.69, 9.17) is 4.42 Å². The predicted octanol–water partition coefficient (Wildman–Crippen LogP) is 2.89. The van der Waals surface area contributed by atoms with Gasteiger partial charge in [-0.2, -0.15) is 0 Å². The summed E-state index contributed by atoms with van der Waals surface area (Å²) in [5.41, 5.74) is 1.13. The normalized spacial score (nSPS) is 19.2. The maximum absolute atomic E-state index is 12.2. The number of likely N-dealkylation sites (tertiary alicyclic amines) is 1.